The van der Waals surface area contributed by atoms with Crippen LogP contribution >= 0.6 is 0 Å². The number of halogens is 4. The Morgan fingerprint density at radius 2 is 1.68 bits per heavy atom. The van der Waals surface area contributed by atoms with E-state index in [9.17, 15) is 22.7 Å². The molecule has 22 heavy (non-hydrogen) atoms. The minimum absolute atomic E-state index is 0.146. The summed E-state index contributed by atoms with van der Waals surface area (Å²) in [7, 11) is 0. The van der Waals surface area contributed by atoms with Crippen molar-refractivity contribution in [1.29, 1.82) is 0 Å². The fraction of sp³-hybridized carbons (Fsp3) is 0.200. The minimum Gasteiger partial charge on any atom is -0.505 e. The highest BCUT2D eigenvalue weighted by molar-refractivity contribution is 5.44. The molecule has 0 aliphatic carbocycles. The highest BCUT2D eigenvalue weighted by Crippen LogP contribution is 2.32. The van der Waals surface area contributed by atoms with E-state index in [0.29, 0.717) is 5.56 Å². The molecule has 0 aliphatic heterocycles. The zero-order valence-electron chi connectivity index (χ0n) is 11.5. The maximum atomic E-state index is 13.7. The summed E-state index contributed by atoms with van der Waals surface area (Å²) in [5.74, 6) is -1.73. The number of benzene rings is 2. The van der Waals surface area contributed by atoms with Crippen molar-refractivity contribution in [1.82, 2.24) is 0 Å². The Morgan fingerprint density at radius 1 is 1.09 bits per heavy atom. The van der Waals surface area contributed by atoms with E-state index in [-0.39, 0.29) is 16.9 Å². The summed E-state index contributed by atoms with van der Waals surface area (Å²) in [6.07, 6.45) is -4.78. The Kier molecular flexibility index (Phi) is 4.27. The Morgan fingerprint density at radius 3 is 2.23 bits per heavy atom. The highest BCUT2D eigenvalue weighted by atomic mass is 19.4. The van der Waals surface area contributed by atoms with E-state index in [1.807, 2.05) is 0 Å². The van der Waals surface area contributed by atoms with E-state index < -0.39 is 24.0 Å². The average molecular weight is 315 g/mol. The molecule has 0 heterocycles. The van der Waals surface area contributed by atoms with Crippen LogP contribution in [-0.2, 0) is 0 Å². The molecule has 0 radical (unpaired) electrons. The van der Waals surface area contributed by atoms with Crippen LogP contribution in [0.2, 0.25) is 0 Å². The predicted molar refractivity (Wildman–Crippen MR) is 72.0 cm³/mol. The van der Waals surface area contributed by atoms with E-state index in [2.05, 4.69) is 4.74 Å². The van der Waals surface area contributed by atoms with Crippen molar-refractivity contribution < 1.29 is 27.4 Å². The van der Waals surface area contributed by atoms with E-state index in [1.54, 1.807) is 0 Å². The van der Waals surface area contributed by atoms with Gasteiger partial charge in [0, 0.05) is 5.56 Å². The van der Waals surface area contributed by atoms with E-state index >= 15 is 0 Å². The Labute approximate surface area is 123 Å². The van der Waals surface area contributed by atoms with Gasteiger partial charge in [-0.1, -0.05) is 24.3 Å². The second-order valence-electron chi connectivity index (χ2n) is 4.73. The summed E-state index contributed by atoms with van der Waals surface area (Å²) < 4.78 is 53.7. The molecule has 0 bridgehead atoms. The molecular formula is C15H13F4NO2. The summed E-state index contributed by atoms with van der Waals surface area (Å²) in [5.41, 5.74) is 6.75. The van der Waals surface area contributed by atoms with Crippen LogP contribution in [0.25, 0.3) is 0 Å². The lowest BCUT2D eigenvalue weighted by Crippen LogP contribution is -2.17. The topological polar surface area (TPSA) is 55.5 Å². The van der Waals surface area contributed by atoms with Crippen LogP contribution in [-0.4, -0.2) is 11.5 Å². The van der Waals surface area contributed by atoms with Crippen LogP contribution in [0.15, 0.2) is 36.4 Å². The zero-order valence-corrected chi connectivity index (χ0v) is 11.5. The number of rotatable bonds is 3. The maximum Gasteiger partial charge on any atom is 0.573 e. The summed E-state index contributed by atoms with van der Waals surface area (Å²) >= 11 is 0. The molecule has 0 fully saturated rings. The molecule has 0 aliphatic rings. The molecule has 2 aromatic carbocycles. The molecule has 0 amide bonds. The van der Waals surface area contributed by atoms with Crippen LogP contribution in [0.1, 0.15) is 22.7 Å². The fourth-order valence-corrected chi connectivity index (χ4v) is 1.99. The molecule has 1 atom stereocenters. The van der Waals surface area contributed by atoms with Gasteiger partial charge in [0.05, 0.1) is 6.04 Å². The van der Waals surface area contributed by atoms with Gasteiger partial charge < -0.3 is 15.6 Å². The number of ether oxygens (including phenoxy) is 1. The van der Waals surface area contributed by atoms with Crippen molar-refractivity contribution in [2.24, 2.45) is 5.73 Å². The van der Waals surface area contributed by atoms with Gasteiger partial charge in [-0.05, 0) is 30.2 Å². The molecule has 0 unspecified atom stereocenters. The van der Waals surface area contributed by atoms with Crippen molar-refractivity contribution in [2.75, 3.05) is 0 Å². The average Bonchev–Trinajstić information content (AvgIpc) is 2.43. The molecule has 3 N–H and O–H groups in total. The molecule has 3 nitrogen and oxygen atoms in total. The third-order valence-electron chi connectivity index (χ3n) is 3.15. The summed E-state index contributed by atoms with van der Waals surface area (Å²) in [5, 5.41) is 9.79. The summed E-state index contributed by atoms with van der Waals surface area (Å²) in [6, 6.07) is 6.90. The van der Waals surface area contributed by atoms with E-state index in [0.717, 1.165) is 12.1 Å². The lowest BCUT2D eigenvalue weighted by atomic mass is 9.97. The standard InChI is InChI=1S/C15H13F4NO2/c1-8-2-7-11(14(21)12(8)16)13(20)9-3-5-10(6-4-9)22-15(17,18)19/h2-7,13,21H,20H2,1H3/t13-/m1/s1. The SMILES string of the molecule is Cc1ccc([C@H](N)c2ccc(OC(F)(F)F)cc2)c(O)c1F. The Balaban J connectivity index is 2.27. The number of hydrogen-bond acceptors (Lipinski definition) is 3. The second kappa shape index (κ2) is 5.84. The monoisotopic (exact) mass is 315 g/mol. The molecule has 118 valence electrons. The van der Waals surface area contributed by atoms with Crippen molar-refractivity contribution in [3.05, 3.63) is 58.9 Å². The van der Waals surface area contributed by atoms with Gasteiger partial charge in [-0.15, -0.1) is 13.2 Å². The lowest BCUT2D eigenvalue weighted by Gasteiger charge is -2.16. The van der Waals surface area contributed by atoms with Gasteiger partial charge >= 0.3 is 6.36 Å². The minimum atomic E-state index is -4.78. The third kappa shape index (κ3) is 3.48. The summed E-state index contributed by atoms with van der Waals surface area (Å²) in [4.78, 5) is 0. The molecule has 0 saturated heterocycles. The molecule has 0 spiro atoms. The predicted octanol–water partition coefficient (Wildman–Crippen LogP) is 3.79. The van der Waals surface area contributed by atoms with Crippen molar-refractivity contribution >= 4 is 0 Å². The van der Waals surface area contributed by atoms with Crippen molar-refractivity contribution in [3.8, 4) is 11.5 Å². The molecule has 0 saturated carbocycles. The molecule has 7 heteroatoms. The Hall–Kier alpha value is -2.28. The lowest BCUT2D eigenvalue weighted by molar-refractivity contribution is -0.274. The smallest absolute Gasteiger partial charge is 0.505 e. The van der Waals surface area contributed by atoms with Gasteiger partial charge in [0.1, 0.15) is 5.75 Å². The number of hydrogen-bond donors (Lipinski definition) is 2. The van der Waals surface area contributed by atoms with E-state index in [4.69, 9.17) is 5.73 Å². The van der Waals surface area contributed by atoms with Gasteiger partial charge in [-0.25, -0.2) is 4.39 Å². The Bertz CT molecular complexity index is 668. The van der Waals surface area contributed by atoms with Crippen LogP contribution in [0.5, 0.6) is 11.5 Å². The highest BCUT2D eigenvalue weighted by Gasteiger charge is 2.31. The number of alkyl halides is 3. The van der Waals surface area contributed by atoms with Gasteiger partial charge in [-0.3, -0.25) is 0 Å². The third-order valence-corrected chi connectivity index (χ3v) is 3.15. The van der Waals surface area contributed by atoms with Crippen molar-refractivity contribution in [3.63, 3.8) is 0 Å². The second-order valence-corrected chi connectivity index (χ2v) is 4.73. The molecular weight excluding hydrogens is 302 g/mol. The maximum absolute atomic E-state index is 13.7. The quantitative estimate of drug-likeness (QED) is 0.847. The van der Waals surface area contributed by atoms with Crippen LogP contribution < -0.4 is 10.5 Å². The number of phenols is 1. The van der Waals surface area contributed by atoms with Crippen molar-refractivity contribution in [2.45, 2.75) is 19.3 Å². The van der Waals surface area contributed by atoms with Crippen LogP contribution in [0.4, 0.5) is 17.6 Å². The largest absolute Gasteiger partial charge is 0.573 e. The van der Waals surface area contributed by atoms with E-state index in [1.165, 1.54) is 31.2 Å². The van der Waals surface area contributed by atoms with Gasteiger partial charge in [0.2, 0.25) is 0 Å². The van der Waals surface area contributed by atoms with Crippen LogP contribution in [0.3, 0.4) is 0 Å². The van der Waals surface area contributed by atoms with Crippen LogP contribution in [0, 0.1) is 12.7 Å². The number of aromatic hydroxyl groups is 1. The first-order valence-electron chi connectivity index (χ1n) is 6.28. The van der Waals surface area contributed by atoms with Gasteiger partial charge in [0.25, 0.3) is 0 Å². The normalized spacial score (nSPS) is 13.0. The number of nitrogens with two attached hydrogens (primary N) is 1. The summed E-state index contributed by atoms with van der Waals surface area (Å²) in [6.45, 7) is 1.49. The molecule has 2 aromatic rings. The van der Waals surface area contributed by atoms with Gasteiger partial charge in [0.15, 0.2) is 11.6 Å². The number of phenolic OH excluding ortho intramolecular Hbond substituents is 1. The first-order chi connectivity index (χ1) is 10.2. The molecule has 2 rings (SSSR count). The first-order valence-corrected chi connectivity index (χ1v) is 6.28. The fourth-order valence-electron chi connectivity index (χ4n) is 1.99. The number of aryl methyl sites for hydroxylation is 1. The van der Waals surface area contributed by atoms with Gasteiger partial charge in [-0.2, -0.15) is 0 Å². The zero-order chi connectivity index (χ0) is 16.5. The first kappa shape index (κ1) is 16.1. The molecule has 0 aromatic heterocycles.